The minimum Gasteiger partial charge on any atom is -0.495 e. The predicted octanol–water partition coefficient (Wildman–Crippen LogP) is 4.14. The van der Waals surface area contributed by atoms with Crippen LogP contribution in [0.5, 0.6) is 11.5 Å². The van der Waals surface area contributed by atoms with Crippen molar-refractivity contribution in [3.8, 4) is 11.5 Å². The number of carbonyl (C=O) groups excluding carboxylic acids is 1. The molecule has 1 saturated carbocycles. The van der Waals surface area contributed by atoms with Crippen molar-refractivity contribution in [1.29, 1.82) is 0 Å². The number of methoxy groups -OCH3 is 2. The Bertz CT molecular complexity index is 816. The Balaban J connectivity index is 2.14. The monoisotopic (exact) mass is 362 g/mol. The van der Waals surface area contributed by atoms with E-state index in [-0.39, 0.29) is 11.8 Å². The van der Waals surface area contributed by atoms with Gasteiger partial charge in [-0.25, -0.2) is 0 Å². The highest BCUT2D eigenvalue weighted by atomic mass is 32.1. The SMILES string of the molecule is CCCn1c(=NC(=O)C2CCCCC2)sc2c(OC)ccc(OC)c21. The first-order chi connectivity index (χ1) is 12.2. The smallest absolute Gasteiger partial charge is 0.251 e. The van der Waals surface area contributed by atoms with Crippen LogP contribution in [-0.2, 0) is 11.3 Å². The van der Waals surface area contributed by atoms with Crippen molar-refractivity contribution < 1.29 is 14.3 Å². The van der Waals surface area contributed by atoms with Crippen molar-refractivity contribution in [3.05, 3.63) is 16.9 Å². The van der Waals surface area contributed by atoms with Gasteiger partial charge in [0.15, 0.2) is 4.80 Å². The average molecular weight is 362 g/mol. The van der Waals surface area contributed by atoms with E-state index >= 15 is 0 Å². The Kier molecular flexibility index (Phi) is 5.78. The molecule has 1 aliphatic rings. The molecule has 1 heterocycles. The number of aromatic nitrogens is 1. The number of hydrogen-bond acceptors (Lipinski definition) is 4. The number of benzene rings is 1. The van der Waals surface area contributed by atoms with Gasteiger partial charge in [-0.3, -0.25) is 4.79 Å². The van der Waals surface area contributed by atoms with Crippen LogP contribution in [-0.4, -0.2) is 24.7 Å². The maximum Gasteiger partial charge on any atom is 0.251 e. The van der Waals surface area contributed by atoms with Gasteiger partial charge in [0, 0.05) is 12.5 Å². The molecule has 1 fully saturated rings. The van der Waals surface area contributed by atoms with Crippen LogP contribution in [0.1, 0.15) is 45.4 Å². The van der Waals surface area contributed by atoms with Crippen LogP contribution in [0.15, 0.2) is 17.1 Å². The fourth-order valence-electron chi connectivity index (χ4n) is 3.51. The topological polar surface area (TPSA) is 52.8 Å². The molecule has 0 bridgehead atoms. The van der Waals surface area contributed by atoms with Gasteiger partial charge in [-0.15, -0.1) is 0 Å². The van der Waals surface area contributed by atoms with Crippen LogP contribution >= 0.6 is 11.3 Å². The van der Waals surface area contributed by atoms with Gasteiger partial charge in [0.25, 0.3) is 5.91 Å². The third-order valence-corrected chi connectivity index (χ3v) is 5.89. The maximum atomic E-state index is 12.7. The predicted molar refractivity (Wildman–Crippen MR) is 100 cm³/mol. The van der Waals surface area contributed by atoms with Crippen LogP contribution in [0.25, 0.3) is 10.2 Å². The van der Waals surface area contributed by atoms with E-state index in [1.54, 1.807) is 14.2 Å². The van der Waals surface area contributed by atoms with Crippen LogP contribution in [0.2, 0.25) is 0 Å². The number of amides is 1. The molecule has 3 rings (SSSR count). The zero-order valence-electron chi connectivity index (χ0n) is 15.2. The van der Waals surface area contributed by atoms with Gasteiger partial charge in [-0.1, -0.05) is 37.5 Å². The van der Waals surface area contributed by atoms with E-state index in [2.05, 4.69) is 16.5 Å². The minimum atomic E-state index is 0.0223. The summed E-state index contributed by atoms with van der Waals surface area (Å²) in [6, 6.07) is 3.81. The number of thiazole rings is 1. The molecule has 1 amide bonds. The Labute approximate surface area is 152 Å². The summed E-state index contributed by atoms with van der Waals surface area (Å²) in [5.41, 5.74) is 0.962. The van der Waals surface area contributed by atoms with Crippen molar-refractivity contribution in [1.82, 2.24) is 4.57 Å². The fourth-order valence-corrected chi connectivity index (χ4v) is 4.68. The first kappa shape index (κ1) is 18.0. The van der Waals surface area contributed by atoms with Crippen LogP contribution in [0.4, 0.5) is 0 Å². The van der Waals surface area contributed by atoms with E-state index in [1.165, 1.54) is 17.8 Å². The summed E-state index contributed by atoms with van der Waals surface area (Å²) >= 11 is 1.51. The number of fused-ring (bicyclic) bond motifs is 1. The Hall–Kier alpha value is -1.82. The summed E-state index contributed by atoms with van der Waals surface area (Å²) in [6.45, 7) is 2.91. The number of carbonyl (C=O) groups is 1. The summed E-state index contributed by atoms with van der Waals surface area (Å²) in [7, 11) is 3.33. The molecule has 0 unspecified atom stereocenters. The lowest BCUT2D eigenvalue weighted by Gasteiger charge is -2.17. The summed E-state index contributed by atoms with van der Waals surface area (Å²) < 4.78 is 14.1. The van der Waals surface area contributed by atoms with Gasteiger partial charge in [-0.2, -0.15) is 4.99 Å². The highest BCUT2D eigenvalue weighted by Crippen LogP contribution is 2.35. The third kappa shape index (κ3) is 3.59. The normalized spacial score (nSPS) is 16.4. The van der Waals surface area contributed by atoms with Gasteiger partial charge in [0.1, 0.15) is 21.7 Å². The highest BCUT2D eigenvalue weighted by Gasteiger charge is 2.22. The van der Waals surface area contributed by atoms with Crippen molar-refractivity contribution in [3.63, 3.8) is 0 Å². The fraction of sp³-hybridized carbons (Fsp3) is 0.579. The number of ether oxygens (including phenoxy) is 2. The van der Waals surface area contributed by atoms with E-state index in [4.69, 9.17) is 9.47 Å². The molecule has 136 valence electrons. The van der Waals surface area contributed by atoms with E-state index in [0.717, 1.165) is 65.2 Å². The second-order valence-electron chi connectivity index (χ2n) is 6.47. The standard InChI is InChI=1S/C19H26N2O3S/c1-4-12-21-16-14(23-2)10-11-15(24-3)17(16)25-19(21)20-18(22)13-8-6-5-7-9-13/h10-11,13H,4-9,12H2,1-3H3. The summed E-state index contributed by atoms with van der Waals surface area (Å²) in [6.07, 6.45) is 6.39. The van der Waals surface area contributed by atoms with Gasteiger partial charge in [0.2, 0.25) is 0 Å². The average Bonchev–Trinajstić information content (AvgIpc) is 3.00. The van der Waals surface area contributed by atoms with Gasteiger partial charge >= 0.3 is 0 Å². The molecule has 0 N–H and O–H groups in total. The molecule has 2 aromatic rings. The molecule has 0 saturated heterocycles. The van der Waals surface area contributed by atoms with Crippen molar-refractivity contribution in [2.24, 2.45) is 10.9 Å². The largest absolute Gasteiger partial charge is 0.495 e. The van der Waals surface area contributed by atoms with Crippen molar-refractivity contribution in [2.75, 3.05) is 14.2 Å². The number of hydrogen-bond donors (Lipinski definition) is 0. The van der Waals surface area contributed by atoms with Crippen molar-refractivity contribution >= 4 is 27.5 Å². The van der Waals surface area contributed by atoms with Crippen LogP contribution < -0.4 is 14.3 Å². The number of aryl methyl sites for hydroxylation is 1. The molecule has 0 spiro atoms. The van der Waals surface area contributed by atoms with E-state index < -0.39 is 0 Å². The van der Waals surface area contributed by atoms with E-state index in [9.17, 15) is 4.79 Å². The molecule has 1 aromatic carbocycles. The van der Waals surface area contributed by atoms with Crippen LogP contribution in [0, 0.1) is 5.92 Å². The molecular weight excluding hydrogens is 336 g/mol. The molecule has 0 atom stereocenters. The van der Waals surface area contributed by atoms with Crippen molar-refractivity contribution in [2.45, 2.75) is 52.0 Å². The van der Waals surface area contributed by atoms with E-state index in [0.29, 0.717) is 0 Å². The minimum absolute atomic E-state index is 0.0223. The molecular formula is C19H26N2O3S. The molecule has 0 aliphatic heterocycles. The molecule has 5 nitrogen and oxygen atoms in total. The lowest BCUT2D eigenvalue weighted by Crippen LogP contribution is -2.22. The van der Waals surface area contributed by atoms with Gasteiger partial charge in [0.05, 0.1) is 14.2 Å². The zero-order chi connectivity index (χ0) is 17.8. The lowest BCUT2D eigenvalue weighted by atomic mass is 9.89. The first-order valence-electron chi connectivity index (χ1n) is 9.02. The molecule has 25 heavy (non-hydrogen) atoms. The van der Waals surface area contributed by atoms with Gasteiger partial charge < -0.3 is 14.0 Å². The summed E-state index contributed by atoms with van der Waals surface area (Å²) in [5.74, 6) is 1.68. The maximum absolute atomic E-state index is 12.7. The highest BCUT2D eigenvalue weighted by molar-refractivity contribution is 7.16. The molecule has 1 aliphatic carbocycles. The Morgan fingerprint density at radius 3 is 2.52 bits per heavy atom. The molecule has 6 heteroatoms. The molecule has 1 aromatic heterocycles. The van der Waals surface area contributed by atoms with Crippen LogP contribution in [0.3, 0.4) is 0 Å². The van der Waals surface area contributed by atoms with Gasteiger partial charge in [-0.05, 0) is 31.4 Å². The summed E-state index contributed by atoms with van der Waals surface area (Å²) in [4.78, 5) is 17.9. The Morgan fingerprint density at radius 2 is 1.88 bits per heavy atom. The second-order valence-corrected chi connectivity index (χ2v) is 7.45. The quantitative estimate of drug-likeness (QED) is 0.803. The summed E-state index contributed by atoms with van der Waals surface area (Å²) in [5, 5.41) is 0. The third-order valence-electron chi connectivity index (χ3n) is 4.80. The Morgan fingerprint density at radius 1 is 1.20 bits per heavy atom. The zero-order valence-corrected chi connectivity index (χ0v) is 16.0. The second kappa shape index (κ2) is 8.04. The number of rotatable bonds is 5. The van der Waals surface area contributed by atoms with E-state index in [1.807, 2.05) is 12.1 Å². The lowest BCUT2D eigenvalue weighted by molar-refractivity contribution is -0.122. The first-order valence-corrected chi connectivity index (χ1v) is 9.84. The molecule has 0 radical (unpaired) electrons. The number of nitrogens with zero attached hydrogens (tertiary/aromatic N) is 2.